The first kappa shape index (κ1) is 24.2. The lowest BCUT2D eigenvalue weighted by atomic mass is 10.0. The molecule has 0 aliphatic rings. The monoisotopic (exact) mass is 536 g/mol. The largest absolute Gasteiger partial charge is 0.310 e. The van der Waals surface area contributed by atoms with Crippen LogP contribution in [0.2, 0.25) is 0 Å². The Morgan fingerprint density at radius 2 is 0.976 bits per heavy atom. The molecule has 2 nitrogen and oxygen atoms in total. The van der Waals surface area contributed by atoms with Gasteiger partial charge in [-0.2, -0.15) is 0 Å². The van der Waals surface area contributed by atoms with Crippen LogP contribution in [0, 0.1) is 0 Å². The molecule has 0 aliphatic heterocycles. The number of para-hydroxylation sites is 2. The first-order valence-electron chi connectivity index (χ1n) is 14.4. The van der Waals surface area contributed by atoms with Crippen LogP contribution in [0.4, 0.5) is 17.1 Å². The fourth-order valence-corrected chi connectivity index (χ4v) is 6.22. The zero-order valence-electron chi connectivity index (χ0n) is 23.1. The lowest BCUT2D eigenvalue weighted by molar-refractivity contribution is 1.18. The molecule has 8 rings (SSSR count). The molecule has 0 fully saturated rings. The van der Waals surface area contributed by atoms with Crippen molar-refractivity contribution < 1.29 is 0 Å². The lowest BCUT2D eigenvalue weighted by Gasteiger charge is -2.27. The molecule has 8 aromatic rings. The number of benzene rings is 7. The second-order valence-electron chi connectivity index (χ2n) is 10.6. The molecule has 2 heteroatoms. The number of fused-ring (bicyclic) bond motifs is 4. The predicted octanol–water partition coefficient (Wildman–Crippen LogP) is 11.1. The molecule has 7 aromatic carbocycles. The molecule has 0 unspecified atom stereocenters. The van der Waals surface area contributed by atoms with Gasteiger partial charge in [-0.05, 0) is 71.1 Å². The minimum Gasteiger partial charge on any atom is -0.310 e. The van der Waals surface area contributed by atoms with Crippen LogP contribution in [0.3, 0.4) is 0 Å². The maximum atomic E-state index is 2.39. The normalized spacial score (nSPS) is 11.3. The molecule has 0 bridgehead atoms. The first-order chi connectivity index (χ1) is 20.8. The molecule has 0 amide bonds. The minimum absolute atomic E-state index is 1.12. The third kappa shape index (κ3) is 4.05. The van der Waals surface area contributed by atoms with E-state index < -0.39 is 0 Å². The molecule has 42 heavy (non-hydrogen) atoms. The quantitative estimate of drug-likeness (QED) is 0.212. The summed E-state index contributed by atoms with van der Waals surface area (Å²) in [4.78, 5) is 2.39. The summed E-state index contributed by atoms with van der Waals surface area (Å²) in [6.45, 7) is 0. The van der Waals surface area contributed by atoms with Crippen molar-refractivity contribution >= 4 is 49.6 Å². The van der Waals surface area contributed by atoms with E-state index in [9.17, 15) is 0 Å². The van der Waals surface area contributed by atoms with E-state index in [0.29, 0.717) is 0 Å². The highest BCUT2D eigenvalue weighted by atomic mass is 15.1. The fourth-order valence-electron chi connectivity index (χ4n) is 6.22. The number of hydrogen-bond donors (Lipinski definition) is 0. The van der Waals surface area contributed by atoms with Crippen molar-refractivity contribution in [3.05, 3.63) is 170 Å². The molecule has 198 valence electrons. The van der Waals surface area contributed by atoms with E-state index in [1.165, 1.54) is 49.4 Å². The Labute approximate surface area is 245 Å². The van der Waals surface area contributed by atoms with Crippen LogP contribution in [0.1, 0.15) is 0 Å². The van der Waals surface area contributed by atoms with Gasteiger partial charge in [-0.25, -0.2) is 0 Å². The second kappa shape index (κ2) is 10.1. The molecular formula is C40H28N2. The summed E-state index contributed by atoms with van der Waals surface area (Å²) in [6.07, 6.45) is 0. The van der Waals surface area contributed by atoms with Gasteiger partial charge in [0.15, 0.2) is 0 Å². The van der Waals surface area contributed by atoms with E-state index in [4.69, 9.17) is 0 Å². The molecule has 0 saturated heterocycles. The smallest absolute Gasteiger partial charge is 0.0542 e. The van der Waals surface area contributed by atoms with Gasteiger partial charge < -0.3 is 9.47 Å². The Kier molecular flexibility index (Phi) is 5.82. The molecule has 0 N–H and O–H groups in total. The number of aromatic nitrogens is 1. The molecule has 0 aliphatic carbocycles. The molecule has 0 radical (unpaired) electrons. The number of nitrogens with zero attached hydrogens (tertiary/aromatic N) is 2. The lowest BCUT2D eigenvalue weighted by Crippen LogP contribution is -2.10. The van der Waals surface area contributed by atoms with Gasteiger partial charge in [0, 0.05) is 33.2 Å². The Hall–Kier alpha value is -5.60. The summed E-state index contributed by atoms with van der Waals surface area (Å²) in [6, 6.07) is 60.9. The molecule has 1 aromatic heterocycles. The van der Waals surface area contributed by atoms with Gasteiger partial charge in [0.1, 0.15) is 0 Å². The van der Waals surface area contributed by atoms with Crippen LogP contribution in [0.25, 0.3) is 49.4 Å². The number of hydrogen-bond acceptors (Lipinski definition) is 1. The fraction of sp³-hybridized carbons (Fsp3) is 0. The third-order valence-corrected chi connectivity index (χ3v) is 8.17. The van der Waals surface area contributed by atoms with Crippen molar-refractivity contribution in [2.45, 2.75) is 0 Å². The van der Waals surface area contributed by atoms with Crippen molar-refractivity contribution in [2.75, 3.05) is 4.90 Å². The predicted molar refractivity (Wildman–Crippen MR) is 178 cm³/mol. The van der Waals surface area contributed by atoms with Crippen LogP contribution >= 0.6 is 0 Å². The van der Waals surface area contributed by atoms with Crippen LogP contribution in [-0.2, 0) is 0 Å². The average Bonchev–Trinajstić information content (AvgIpc) is 3.40. The van der Waals surface area contributed by atoms with Gasteiger partial charge in [-0.3, -0.25) is 0 Å². The highest BCUT2D eigenvalue weighted by Gasteiger charge is 2.18. The number of rotatable bonds is 5. The Morgan fingerprint density at radius 1 is 0.381 bits per heavy atom. The number of anilines is 3. The van der Waals surface area contributed by atoms with Crippen molar-refractivity contribution in [2.24, 2.45) is 0 Å². The third-order valence-electron chi connectivity index (χ3n) is 8.17. The summed E-state index contributed by atoms with van der Waals surface area (Å²) >= 11 is 0. The SMILES string of the molecule is c1ccc(-c2ccc(N(c3ccc4c(c3)c3ccccc3n4-c3ccccc3)c3cccc4ccccc34)cc2)cc1. The van der Waals surface area contributed by atoms with E-state index >= 15 is 0 Å². The van der Waals surface area contributed by atoms with Crippen LogP contribution in [-0.4, -0.2) is 4.57 Å². The van der Waals surface area contributed by atoms with Crippen LogP contribution < -0.4 is 4.90 Å². The van der Waals surface area contributed by atoms with E-state index in [0.717, 1.165) is 17.1 Å². The average molecular weight is 537 g/mol. The van der Waals surface area contributed by atoms with Gasteiger partial charge in [0.25, 0.3) is 0 Å². The standard InChI is InChI=1S/C40H28N2/c1-3-12-29(13-4-1)30-22-24-33(25-23-30)41(38-21-11-15-31-14-7-8-18-35(31)38)34-26-27-40-37(28-34)36-19-9-10-20-39(36)42(40)32-16-5-2-6-17-32/h1-28H. The van der Waals surface area contributed by atoms with Gasteiger partial charge in [0.2, 0.25) is 0 Å². The van der Waals surface area contributed by atoms with E-state index in [2.05, 4.69) is 179 Å². The highest BCUT2D eigenvalue weighted by molar-refractivity contribution is 6.11. The second-order valence-corrected chi connectivity index (χ2v) is 10.6. The highest BCUT2D eigenvalue weighted by Crippen LogP contribution is 2.42. The van der Waals surface area contributed by atoms with Gasteiger partial charge in [-0.15, -0.1) is 0 Å². The Balaban J connectivity index is 1.36. The summed E-state index contributed by atoms with van der Waals surface area (Å²) in [5.74, 6) is 0. The Morgan fingerprint density at radius 3 is 1.79 bits per heavy atom. The van der Waals surface area contributed by atoms with Crippen LogP contribution in [0.15, 0.2) is 170 Å². The zero-order chi connectivity index (χ0) is 27.9. The van der Waals surface area contributed by atoms with Gasteiger partial charge in [-0.1, -0.05) is 115 Å². The maximum absolute atomic E-state index is 2.39. The van der Waals surface area contributed by atoms with Gasteiger partial charge >= 0.3 is 0 Å². The summed E-state index contributed by atoms with van der Waals surface area (Å²) < 4.78 is 2.37. The van der Waals surface area contributed by atoms with Crippen molar-refractivity contribution in [3.8, 4) is 16.8 Å². The molecular weight excluding hydrogens is 508 g/mol. The van der Waals surface area contributed by atoms with E-state index in [1.54, 1.807) is 0 Å². The summed E-state index contributed by atoms with van der Waals surface area (Å²) in [5.41, 5.74) is 9.41. The summed E-state index contributed by atoms with van der Waals surface area (Å²) in [5, 5.41) is 4.93. The Bertz CT molecular complexity index is 2170. The zero-order valence-corrected chi connectivity index (χ0v) is 23.1. The molecule has 0 saturated carbocycles. The molecule has 0 atom stereocenters. The summed E-state index contributed by atoms with van der Waals surface area (Å²) in [7, 11) is 0. The first-order valence-corrected chi connectivity index (χ1v) is 14.4. The minimum atomic E-state index is 1.12. The van der Waals surface area contributed by atoms with Crippen molar-refractivity contribution in [3.63, 3.8) is 0 Å². The van der Waals surface area contributed by atoms with E-state index in [1.807, 2.05) is 0 Å². The van der Waals surface area contributed by atoms with Gasteiger partial charge in [0.05, 0.1) is 16.7 Å². The van der Waals surface area contributed by atoms with E-state index in [-0.39, 0.29) is 0 Å². The van der Waals surface area contributed by atoms with Crippen molar-refractivity contribution in [1.29, 1.82) is 0 Å². The van der Waals surface area contributed by atoms with Crippen LogP contribution in [0.5, 0.6) is 0 Å². The maximum Gasteiger partial charge on any atom is 0.0542 e. The molecule has 1 heterocycles. The molecule has 0 spiro atoms. The van der Waals surface area contributed by atoms with Crippen molar-refractivity contribution in [1.82, 2.24) is 4.57 Å². The topological polar surface area (TPSA) is 8.17 Å².